The van der Waals surface area contributed by atoms with E-state index in [9.17, 15) is 4.79 Å². The van der Waals surface area contributed by atoms with Crippen LogP contribution in [0.2, 0.25) is 10.0 Å². The second kappa shape index (κ2) is 4.97. The molecule has 2 rings (SSSR count). The Bertz CT molecular complexity index is 511. The van der Waals surface area contributed by atoms with Crippen molar-refractivity contribution in [3.8, 4) is 0 Å². The number of carbonyl (C=O) groups excluding carboxylic acids is 1. The quantitative estimate of drug-likeness (QED) is 0.864. The minimum absolute atomic E-state index is 0.0565. The van der Waals surface area contributed by atoms with Crippen molar-refractivity contribution in [2.45, 2.75) is 44.8 Å². The van der Waals surface area contributed by atoms with Gasteiger partial charge in [0, 0.05) is 18.0 Å². The van der Waals surface area contributed by atoms with Gasteiger partial charge in [-0.25, -0.2) is 0 Å². The van der Waals surface area contributed by atoms with Crippen LogP contribution in [0, 0.1) is 0 Å². The number of amides is 1. The summed E-state index contributed by atoms with van der Waals surface area (Å²) in [6.07, 6.45) is 0.338. The van der Waals surface area contributed by atoms with E-state index in [2.05, 4.69) is 0 Å². The fourth-order valence-corrected chi connectivity index (χ4v) is 3.09. The normalized spacial score (nSPS) is 24.1. The van der Waals surface area contributed by atoms with Crippen LogP contribution in [0.1, 0.15) is 38.8 Å². The molecule has 0 aromatic heterocycles. The third-order valence-corrected chi connectivity index (χ3v) is 4.22. The van der Waals surface area contributed by atoms with Crippen molar-refractivity contribution in [3.63, 3.8) is 0 Å². The summed E-state index contributed by atoms with van der Waals surface area (Å²) in [5, 5.41) is 0.966. The van der Waals surface area contributed by atoms with E-state index >= 15 is 0 Å². The smallest absolute Gasteiger partial charge is 0.225 e. The van der Waals surface area contributed by atoms with Gasteiger partial charge in [0.2, 0.25) is 5.91 Å². The van der Waals surface area contributed by atoms with Crippen LogP contribution in [0.3, 0.4) is 0 Å². The van der Waals surface area contributed by atoms with E-state index in [-0.39, 0.29) is 23.5 Å². The SMILES string of the molecule is CC(C)(C)N1C(=O)CC(N)C1c1cccc(Cl)c1Cl. The fourth-order valence-electron chi connectivity index (χ4n) is 2.67. The largest absolute Gasteiger partial charge is 0.329 e. The average molecular weight is 301 g/mol. The lowest BCUT2D eigenvalue weighted by atomic mass is 9.97. The predicted octanol–water partition coefficient (Wildman–Crippen LogP) is 3.39. The van der Waals surface area contributed by atoms with Crippen LogP contribution in [0.5, 0.6) is 0 Å². The molecule has 1 fully saturated rings. The molecule has 0 saturated carbocycles. The number of halogens is 2. The van der Waals surface area contributed by atoms with E-state index in [0.717, 1.165) is 5.56 Å². The third kappa shape index (κ3) is 2.60. The maximum atomic E-state index is 12.2. The monoisotopic (exact) mass is 300 g/mol. The Morgan fingerprint density at radius 3 is 2.53 bits per heavy atom. The third-order valence-electron chi connectivity index (χ3n) is 3.39. The second-order valence-electron chi connectivity index (χ2n) is 5.89. The second-order valence-corrected chi connectivity index (χ2v) is 6.68. The number of rotatable bonds is 1. The summed E-state index contributed by atoms with van der Waals surface area (Å²) in [6.45, 7) is 5.98. The van der Waals surface area contributed by atoms with Gasteiger partial charge in [-0.15, -0.1) is 0 Å². The molecule has 0 aliphatic carbocycles. The molecule has 2 N–H and O–H groups in total. The minimum Gasteiger partial charge on any atom is -0.329 e. The number of nitrogens with zero attached hydrogens (tertiary/aromatic N) is 1. The standard InChI is InChI=1S/C14H18Cl2N2O/c1-14(2,3)18-11(19)7-10(17)13(18)8-5-4-6-9(15)12(8)16/h4-6,10,13H,7,17H2,1-3H3. The first-order valence-electron chi connectivity index (χ1n) is 6.25. The lowest BCUT2D eigenvalue weighted by Crippen LogP contribution is -2.45. The van der Waals surface area contributed by atoms with E-state index in [4.69, 9.17) is 28.9 Å². The van der Waals surface area contributed by atoms with Gasteiger partial charge in [0.1, 0.15) is 0 Å². The van der Waals surface area contributed by atoms with Crippen LogP contribution >= 0.6 is 23.2 Å². The van der Waals surface area contributed by atoms with E-state index in [1.165, 1.54) is 0 Å². The molecular formula is C14H18Cl2N2O. The van der Waals surface area contributed by atoms with Gasteiger partial charge in [-0.3, -0.25) is 4.79 Å². The molecule has 2 unspecified atom stereocenters. The van der Waals surface area contributed by atoms with Crippen LogP contribution in [0.4, 0.5) is 0 Å². The van der Waals surface area contributed by atoms with Crippen LogP contribution in [0.25, 0.3) is 0 Å². The maximum absolute atomic E-state index is 12.2. The molecule has 0 bridgehead atoms. The summed E-state index contributed by atoms with van der Waals surface area (Å²) in [6, 6.07) is 4.97. The van der Waals surface area contributed by atoms with Gasteiger partial charge >= 0.3 is 0 Å². The highest BCUT2D eigenvalue weighted by Crippen LogP contribution is 2.41. The zero-order valence-corrected chi connectivity index (χ0v) is 12.8. The lowest BCUT2D eigenvalue weighted by molar-refractivity contribution is -0.133. The van der Waals surface area contributed by atoms with E-state index in [0.29, 0.717) is 16.5 Å². The molecule has 1 amide bonds. The van der Waals surface area contributed by atoms with Crippen molar-refractivity contribution in [1.29, 1.82) is 0 Å². The molecule has 5 heteroatoms. The molecule has 1 aromatic carbocycles. The Balaban J connectivity index is 2.52. The highest BCUT2D eigenvalue weighted by Gasteiger charge is 2.44. The molecule has 1 heterocycles. The Labute approximate surface area is 123 Å². The van der Waals surface area contributed by atoms with Gasteiger partial charge < -0.3 is 10.6 Å². The van der Waals surface area contributed by atoms with Gasteiger partial charge in [-0.2, -0.15) is 0 Å². The molecule has 2 atom stereocenters. The number of carbonyl (C=O) groups is 1. The van der Waals surface area contributed by atoms with E-state index in [1.54, 1.807) is 6.07 Å². The Morgan fingerprint density at radius 1 is 1.32 bits per heavy atom. The molecule has 1 aromatic rings. The minimum atomic E-state index is -0.304. The van der Waals surface area contributed by atoms with Crippen molar-refractivity contribution in [1.82, 2.24) is 4.90 Å². The van der Waals surface area contributed by atoms with Crippen molar-refractivity contribution in [3.05, 3.63) is 33.8 Å². The van der Waals surface area contributed by atoms with Gasteiger partial charge in [0.25, 0.3) is 0 Å². The lowest BCUT2D eigenvalue weighted by Gasteiger charge is -2.38. The topological polar surface area (TPSA) is 46.3 Å². The molecule has 1 saturated heterocycles. The van der Waals surface area contributed by atoms with Crippen molar-refractivity contribution in [2.24, 2.45) is 5.73 Å². The highest BCUT2D eigenvalue weighted by atomic mass is 35.5. The van der Waals surface area contributed by atoms with Crippen LogP contribution in [0.15, 0.2) is 18.2 Å². The first-order valence-corrected chi connectivity index (χ1v) is 7.00. The fraction of sp³-hybridized carbons (Fsp3) is 0.500. The van der Waals surface area contributed by atoms with Crippen LogP contribution in [-0.4, -0.2) is 22.4 Å². The molecule has 104 valence electrons. The summed E-state index contributed by atoms with van der Waals surface area (Å²) in [5.74, 6) is 0.0565. The molecular weight excluding hydrogens is 283 g/mol. The Hall–Kier alpha value is -0.770. The average Bonchev–Trinajstić information content (AvgIpc) is 2.57. The van der Waals surface area contributed by atoms with Crippen LogP contribution < -0.4 is 5.73 Å². The highest BCUT2D eigenvalue weighted by molar-refractivity contribution is 6.42. The summed E-state index contributed by atoms with van der Waals surface area (Å²) < 4.78 is 0. The Morgan fingerprint density at radius 2 is 1.95 bits per heavy atom. The summed E-state index contributed by atoms with van der Waals surface area (Å²) in [7, 11) is 0. The van der Waals surface area contributed by atoms with Gasteiger partial charge in [-0.1, -0.05) is 35.3 Å². The first kappa shape index (κ1) is 14.6. The van der Waals surface area contributed by atoms with E-state index in [1.807, 2.05) is 37.8 Å². The van der Waals surface area contributed by atoms with Gasteiger partial charge in [-0.05, 0) is 32.4 Å². The van der Waals surface area contributed by atoms with Gasteiger partial charge in [0.05, 0.1) is 16.1 Å². The van der Waals surface area contributed by atoms with Gasteiger partial charge in [0.15, 0.2) is 0 Å². The summed E-state index contributed by atoms with van der Waals surface area (Å²) in [5.41, 5.74) is 6.66. The Kier molecular flexibility index (Phi) is 3.83. The maximum Gasteiger partial charge on any atom is 0.225 e. The first-order chi connectivity index (χ1) is 8.73. The predicted molar refractivity (Wildman–Crippen MR) is 78.4 cm³/mol. The zero-order chi connectivity index (χ0) is 14.4. The number of hydrogen-bond acceptors (Lipinski definition) is 2. The number of benzene rings is 1. The van der Waals surface area contributed by atoms with Crippen molar-refractivity contribution >= 4 is 29.1 Å². The molecule has 0 spiro atoms. The molecule has 1 aliphatic heterocycles. The number of hydrogen-bond donors (Lipinski definition) is 1. The van der Waals surface area contributed by atoms with E-state index < -0.39 is 0 Å². The molecule has 0 radical (unpaired) electrons. The van der Waals surface area contributed by atoms with Crippen LogP contribution in [-0.2, 0) is 4.79 Å². The van der Waals surface area contributed by atoms with Crippen molar-refractivity contribution < 1.29 is 4.79 Å². The molecule has 1 aliphatic rings. The summed E-state index contributed by atoms with van der Waals surface area (Å²) >= 11 is 12.3. The molecule has 3 nitrogen and oxygen atoms in total. The molecule has 19 heavy (non-hydrogen) atoms. The zero-order valence-electron chi connectivity index (χ0n) is 11.3. The van der Waals surface area contributed by atoms with Crippen molar-refractivity contribution in [2.75, 3.05) is 0 Å². The number of nitrogens with two attached hydrogens (primary N) is 1. The number of likely N-dealkylation sites (tertiary alicyclic amines) is 1. The summed E-state index contributed by atoms with van der Waals surface area (Å²) in [4.78, 5) is 14.0.